The Hall–Kier alpha value is -1.99. The summed E-state index contributed by atoms with van der Waals surface area (Å²) in [6, 6.07) is 12.4. The largest absolute Gasteiger partial charge is 0.496 e. The molecule has 1 amide bonds. The zero-order valence-corrected chi connectivity index (χ0v) is 16.3. The molecule has 0 aliphatic carbocycles. The van der Waals surface area contributed by atoms with Gasteiger partial charge in [-0.25, -0.2) is 4.79 Å². The quantitative estimate of drug-likeness (QED) is 0.678. The van der Waals surface area contributed by atoms with Gasteiger partial charge < -0.3 is 14.8 Å². The van der Waals surface area contributed by atoms with Crippen molar-refractivity contribution in [1.29, 1.82) is 0 Å². The van der Waals surface area contributed by atoms with Gasteiger partial charge in [0.1, 0.15) is 5.75 Å². The number of amides is 1. The molecule has 132 valence electrons. The summed E-state index contributed by atoms with van der Waals surface area (Å²) in [4.78, 5) is 23.4. The Morgan fingerprint density at radius 3 is 2.44 bits per heavy atom. The summed E-state index contributed by atoms with van der Waals surface area (Å²) in [6.45, 7) is 0. The first-order chi connectivity index (χ1) is 12.0. The second-order valence-electron chi connectivity index (χ2n) is 5.08. The van der Waals surface area contributed by atoms with E-state index in [-0.39, 0.29) is 5.91 Å². The number of rotatable bonds is 7. The Morgan fingerprint density at radius 2 is 1.84 bits per heavy atom. The number of halogens is 1. The highest BCUT2D eigenvalue weighted by Crippen LogP contribution is 2.27. The fourth-order valence-corrected chi connectivity index (χ4v) is 3.43. The van der Waals surface area contributed by atoms with E-state index in [1.165, 1.54) is 18.9 Å². The van der Waals surface area contributed by atoms with Crippen LogP contribution in [0.4, 0.5) is 5.69 Å². The molecule has 0 fully saturated rings. The molecule has 0 bridgehead atoms. The van der Waals surface area contributed by atoms with Crippen LogP contribution < -0.4 is 10.1 Å². The highest BCUT2D eigenvalue weighted by atomic mass is 79.9. The van der Waals surface area contributed by atoms with Crippen molar-refractivity contribution in [1.82, 2.24) is 0 Å². The number of methoxy groups -OCH3 is 2. The molecule has 2 aromatic carbocycles. The number of hydrogen-bond donors (Lipinski definition) is 1. The second-order valence-corrected chi connectivity index (χ2v) is 6.92. The molecule has 0 saturated carbocycles. The first kappa shape index (κ1) is 19.3. The van der Waals surface area contributed by atoms with Gasteiger partial charge in [0.05, 0.1) is 30.0 Å². The van der Waals surface area contributed by atoms with Crippen molar-refractivity contribution < 1.29 is 19.1 Å². The standard InChI is InChI=1S/C18H18BrNO4S/c1-23-16-8-3-12(9-15(16)19)10-25-11-17(21)20-14-6-4-13(5-7-14)18(22)24-2/h3-9H,10-11H2,1-2H3,(H,20,21). The first-order valence-corrected chi connectivity index (χ1v) is 9.36. The fourth-order valence-electron chi connectivity index (χ4n) is 2.07. The molecule has 0 aromatic heterocycles. The number of carbonyl (C=O) groups excluding carboxylic acids is 2. The third kappa shape index (κ3) is 5.79. The van der Waals surface area contributed by atoms with E-state index < -0.39 is 5.97 Å². The van der Waals surface area contributed by atoms with Gasteiger partial charge >= 0.3 is 5.97 Å². The van der Waals surface area contributed by atoms with Gasteiger partial charge in [-0.05, 0) is 57.9 Å². The first-order valence-electron chi connectivity index (χ1n) is 7.42. The minimum atomic E-state index is -0.404. The molecular weight excluding hydrogens is 406 g/mol. The molecule has 5 nitrogen and oxygen atoms in total. The van der Waals surface area contributed by atoms with Crippen LogP contribution in [0, 0.1) is 0 Å². The van der Waals surface area contributed by atoms with E-state index in [4.69, 9.17) is 4.74 Å². The van der Waals surface area contributed by atoms with Crippen LogP contribution in [0.1, 0.15) is 15.9 Å². The Balaban J connectivity index is 1.80. The average molecular weight is 424 g/mol. The van der Waals surface area contributed by atoms with Crippen LogP contribution in [0.3, 0.4) is 0 Å². The maximum absolute atomic E-state index is 12.0. The monoisotopic (exact) mass is 423 g/mol. The molecule has 0 radical (unpaired) electrons. The van der Waals surface area contributed by atoms with Crippen LogP contribution in [0.5, 0.6) is 5.75 Å². The Labute approximate surface area is 159 Å². The van der Waals surface area contributed by atoms with E-state index in [1.807, 2.05) is 18.2 Å². The number of thioether (sulfide) groups is 1. The van der Waals surface area contributed by atoms with Gasteiger partial charge in [-0.1, -0.05) is 6.07 Å². The number of anilines is 1. The number of ether oxygens (including phenoxy) is 2. The summed E-state index contributed by atoms with van der Waals surface area (Å²) in [7, 11) is 2.95. The van der Waals surface area contributed by atoms with E-state index in [0.29, 0.717) is 17.0 Å². The van der Waals surface area contributed by atoms with Crippen LogP contribution in [0.15, 0.2) is 46.9 Å². The molecule has 0 atom stereocenters. The maximum atomic E-state index is 12.0. The summed E-state index contributed by atoms with van der Waals surface area (Å²) >= 11 is 4.97. The van der Waals surface area contributed by atoms with E-state index in [2.05, 4.69) is 26.0 Å². The summed E-state index contributed by atoms with van der Waals surface area (Å²) < 4.78 is 10.7. The normalized spacial score (nSPS) is 10.2. The molecule has 0 spiro atoms. The van der Waals surface area contributed by atoms with Crippen molar-refractivity contribution in [2.45, 2.75) is 5.75 Å². The highest BCUT2D eigenvalue weighted by molar-refractivity contribution is 9.10. The second kappa shape index (κ2) is 9.48. The predicted octanol–water partition coefficient (Wildman–Crippen LogP) is 4.12. The SMILES string of the molecule is COC(=O)c1ccc(NC(=O)CSCc2ccc(OC)c(Br)c2)cc1. The Bertz CT molecular complexity index is 749. The lowest BCUT2D eigenvalue weighted by molar-refractivity contribution is -0.113. The lowest BCUT2D eigenvalue weighted by atomic mass is 10.2. The third-order valence-corrected chi connectivity index (χ3v) is 4.93. The summed E-state index contributed by atoms with van der Waals surface area (Å²) in [6.07, 6.45) is 0. The molecule has 2 rings (SSSR count). The van der Waals surface area contributed by atoms with Crippen LogP contribution in [0.25, 0.3) is 0 Å². The minimum absolute atomic E-state index is 0.0941. The van der Waals surface area contributed by atoms with Crippen molar-refractivity contribution >= 4 is 45.3 Å². The summed E-state index contributed by atoms with van der Waals surface area (Å²) in [5, 5.41) is 2.80. The van der Waals surface area contributed by atoms with Gasteiger partial charge in [-0.2, -0.15) is 0 Å². The third-order valence-electron chi connectivity index (χ3n) is 3.31. The van der Waals surface area contributed by atoms with E-state index >= 15 is 0 Å². The van der Waals surface area contributed by atoms with Gasteiger partial charge in [0, 0.05) is 11.4 Å². The van der Waals surface area contributed by atoms with Gasteiger partial charge in [0.15, 0.2) is 0 Å². The number of benzene rings is 2. The molecule has 0 aliphatic rings. The van der Waals surface area contributed by atoms with Gasteiger partial charge in [-0.15, -0.1) is 11.8 Å². The average Bonchev–Trinajstić information content (AvgIpc) is 2.62. The Morgan fingerprint density at radius 1 is 1.12 bits per heavy atom. The number of nitrogens with one attached hydrogen (secondary N) is 1. The van der Waals surface area contributed by atoms with E-state index in [0.717, 1.165) is 21.5 Å². The maximum Gasteiger partial charge on any atom is 0.337 e. The van der Waals surface area contributed by atoms with Crippen molar-refractivity contribution in [2.75, 3.05) is 25.3 Å². The molecular formula is C18H18BrNO4S. The molecule has 1 N–H and O–H groups in total. The van der Waals surface area contributed by atoms with Gasteiger partial charge in [0.2, 0.25) is 5.91 Å². The molecule has 7 heteroatoms. The van der Waals surface area contributed by atoms with Crippen LogP contribution in [0.2, 0.25) is 0 Å². The summed E-state index contributed by atoms with van der Waals surface area (Å²) in [5.41, 5.74) is 2.19. The minimum Gasteiger partial charge on any atom is -0.496 e. The lowest BCUT2D eigenvalue weighted by Gasteiger charge is -2.07. The van der Waals surface area contributed by atoms with Crippen LogP contribution in [-0.2, 0) is 15.3 Å². The number of esters is 1. The van der Waals surface area contributed by atoms with Crippen molar-refractivity contribution in [3.05, 3.63) is 58.1 Å². The van der Waals surface area contributed by atoms with Gasteiger partial charge in [-0.3, -0.25) is 4.79 Å². The molecule has 25 heavy (non-hydrogen) atoms. The summed E-state index contributed by atoms with van der Waals surface area (Å²) in [5.74, 6) is 1.34. The fraction of sp³-hybridized carbons (Fsp3) is 0.222. The Kier molecular flexibility index (Phi) is 7.33. The van der Waals surface area contributed by atoms with Crippen molar-refractivity contribution in [2.24, 2.45) is 0 Å². The predicted molar refractivity (Wildman–Crippen MR) is 103 cm³/mol. The molecule has 0 unspecified atom stereocenters. The zero-order chi connectivity index (χ0) is 18.2. The van der Waals surface area contributed by atoms with Crippen molar-refractivity contribution in [3.8, 4) is 5.75 Å². The number of hydrogen-bond acceptors (Lipinski definition) is 5. The number of carbonyl (C=O) groups is 2. The van der Waals surface area contributed by atoms with Crippen molar-refractivity contribution in [3.63, 3.8) is 0 Å². The van der Waals surface area contributed by atoms with Gasteiger partial charge in [0.25, 0.3) is 0 Å². The zero-order valence-electron chi connectivity index (χ0n) is 13.9. The lowest BCUT2D eigenvalue weighted by Crippen LogP contribution is -2.14. The topological polar surface area (TPSA) is 64.6 Å². The van der Waals surface area contributed by atoms with E-state index in [1.54, 1.807) is 31.4 Å². The van der Waals surface area contributed by atoms with Crippen LogP contribution in [-0.4, -0.2) is 31.8 Å². The smallest absolute Gasteiger partial charge is 0.337 e. The molecule has 0 saturated heterocycles. The van der Waals surface area contributed by atoms with Crippen LogP contribution >= 0.6 is 27.7 Å². The van der Waals surface area contributed by atoms with E-state index in [9.17, 15) is 9.59 Å². The molecule has 2 aromatic rings. The molecule has 0 aliphatic heterocycles. The molecule has 0 heterocycles. The highest BCUT2D eigenvalue weighted by Gasteiger charge is 2.07.